The highest BCUT2D eigenvalue weighted by atomic mass is 16.6. The van der Waals surface area contributed by atoms with E-state index in [2.05, 4.69) is 55.7 Å². The maximum absolute atomic E-state index is 12.7. The lowest BCUT2D eigenvalue weighted by Crippen LogP contribution is -2.41. The average Bonchev–Trinajstić information content (AvgIpc) is 2.69. The van der Waals surface area contributed by atoms with Crippen molar-refractivity contribution in [3.63, 3.8) is 0 Å². The Bertz CT molecular complexity index is 1130. The van der Waals surface area contributed by atoms with Gasteiger partial charge in [0, 0.05) is 10.8 Å². The number of hydrogen-bond donors (Lipinski definition) is 2. The minimum absolute atomic E-state index is 0.159. The third-order valence-electron chi connectivity index (χ3n) is 5.05. The summed E-state index contributed by atoms with van der Waals surface area (Å²) in [6, 6.07) is 14.1. The highest BCUT2D eigenvalue weighted by Crippen LogP contribution is 2.32. The van der Waals surface area contributed by atoms with E-state index in [1.165, 1.54) is 0 Å². The van der Waals surface area contributed by atoms with Crippen molar-refractivity contribution >= 4 is 33.7 Å². The van der Waals surface area contributed by atoms with Gasteiger partial charge in [-0.1, -0.05) is 49.7 Å². The summed E-state index contributed by atoms with van der Waals surface area (Å²) in [6.45, 7) is 11.5. The lowest BCUT2D eigenvalue weighted by Gasteiger charge is -2.23. The summed E-state index contributed by atoms with van der Waals surface area (Å²) < 4.78 is 5.22. The summed E-state index contributed by atoms with van der Waals surface area (Å²) in [6.07, 6.45) is 0.116. The molecule has 2 amide bonds. The van der Waals surface area contributed by atoms with Crippen molar-refractivity contribution in [1.82, 2.24) is 15.6 Å². The van der Waals surface area contributed by atoms with E-state index in [4.69, 9.17) is 9.72 Å². The molecule has 1 unspecified atom stereocenters. The second-order valence-corrected chi connectivity index (χ2v) is 9.67. The molecule has 3 aromatic rings. The number of nitrogens with zero attached hydrogens (tertiary/aromatic N) is 1. The Labute approximate surface area is 189 Å². The van der Waals surface area contributed by atoms with Gasteiger partial charge in [-0.2, -0.15) is 0 Å². The second kappa shape index (κ2) is 9.55. The third kappa shape index (κ3) is 5.96. The summed E-state index contributed by atoms with van der Waals surface area (Å²) in [5.74, 6) is 0.0597. The van der Waals surface area contributed by atoms with Gasteiger partial charge in [0.25, 0.3) is 0 Å². The first kappa shape index (κ1) is 23.5. The number of pyridine rings is 1. The molecular formula is C26H33N3O3. The van der Waals surface area contributed by atoms with Crippen LogP contribution in [0.1, 0.15) is 58.3 Å². The molecule has 0 spiro atoms. The molecule has 1 aromatic heterocycles. The molecule has 6 heteroatoms. The molecule has 170 valence electrons. The molecule has 6 nitrogen and oxygen atoms in total. The Hall–Kier alpha value is -3.15. The van der Waals surface area contributed by atoms with Gasteiger partial charge in [0.1, 0.15) is 12.1 Å². The first-order chi connectivity index (χ1) is 15.0. The Morgan fingerprint density at radius 3 is 2.44 bits per heavy atom. The number of amides is 2. The minimum Gasteiger partial charge on any atom is -0.444 e. The molecule has 0 fully saturated rings. The highest BCUT2D eigenvalue weighted by molar-refractivity contribution is 6.07. The number of aromatic nitrogens is 1. The minimum atomic E-state index is -0.619. The second-order valence-electron chi connectivity index (χ2n) is 9.67. The van der Waals surface area contributed by atoms with Crippen molar-refractivity contribution in [3.8, 4) is 0 Å². The number of benzene rings is 2. The standard InChI is InChI=1S/C26H33N3O3/c1-16(2)13-22(28-23(30)15-27-25(31)32-26(4,5)6)24-20-14-17(3)11-12-18(20)19-9-7-8-10-21(19)29-24/h7-12,14,16,22H,13,15H2,1-6H3,(H,27,31)(H,28,30). The fourth-order valence-corrected chi connectivity index (χ4v) is 3.78. The Morgan fingerprint density at radius 1 is 1.03 bits per heavy atom. The molecule has 2 N–H and O–H groups in total. The monoisotopic (exact) mass is 435 g/mol. The quantitative estimate of drug-likeness (QED) is 0.506. The van der Waals surface area contributed by atoms with E-state index in [0.29, 0.717) is 5.92 Å². The van der Waals surface area contributed by atoms with Crippen molar-refractivity contribution in [1.29, 1.82) is 0 Å². The molecule has 3 rings (SSSR count). The van der Waals surface area contributed by atoms with Crippen molar-refractivity contribution in [3.05, 3.63) is 53.7 Å². The van der Waals surface area contributed by atoms with Gasteiger partial charge >= 0.3 is 6.09 Å². The number of carbonyl (C=O) groups excluding carboxylic acids is 2. The molecule has 0 radical (unpaired) electrons. The summed E-state index contributed by atoms with van der Waals surface area (Å²) in [5.41, 5.74) is 2.26. The molecular weight excluding hydrogens is 402 g/mol. The van der Waals surface area contributed by atoms with Gasteiger partial charge in [-0.3, -0.25) is 4.79 Å². The van der Waals surface area contributed by atoms with Crippen LogP contribution in [0, 0.1) is 12.8 Å². The van der Waals surface area contributed by atoms with E-state index in [1.807, 2.05) is 18.2 Å². The van der Waals surface area contributed by atoms with Gasteiger partial charge in [-0.15, -0.1) is 0 Å². The van der Waals surface area contributed by atoms with E-state index in [0.717, 1.165) is 39.4 Å². The zero-order chi connectivity index (χ0) is 23.5. The third-order valence-corrected chi connectivity index (χ3v) is 5.05. The first-order valence-corrected chi connectivity index (χ1v) is 11.1. The Kier molecular flexibility index (Phi) is 7.02. The SMILES string of the molecule is Cc1ccc2c(c1)c(C(CC(C)C)NC(=O)CNC(=O)OC(C)(C)C)nc1ccccc12. The van der Waals surface area contributed by atoms with E-state index >= 15 is 0 Å². The lowest BCUT2D eigenvalue weighted by molar-refractivity contribution is -0.121. The van der Waals surface area contributed by atoms with Crippen LogP contribution in [0.25, 0.3) is 21.7 Å². The summed E-state index contributed by atoms with van der Waals surface area (Å²) in [4.78, 5) is 29.6. The van der Waals surface area contributed by atoms with Crippen LogP contribution in [0.5, 0.6) is 0 Å². The van der Waals surface area contributed by atoms with Gasteiger partial charge in [0.05, 0.1) is 17.3 Å². The van der Waals surface area contributed by atoms with E-state index in [1.54, 1.807) is 20.8 Å². The van der Waals surface area contributed by atoms with Crippen molar-refractivity contribution in [2.45, 2.75) is 59.6 Å². The number of carbonyl (C=O) groups is 2. The van der Waals surface area contributed by atoms with Gasteiger partial charge in [0.2, 0.25) is 5.91 Å². The summed E-state index contributed by atoms with van der Waals surface area (Å²) in [5, 5.41) is 8.86. The molecule has 0 saturated carbocycles. The normalized spacial score (nSPS) is 12.7. The van der Waals surface area contributed by atoms with Gasteiger partial charge in [0.15, 0.2) is 0 Å². The number of ether oxygens (including phenoxy) is 1. The Morgan fingerprint density at radius 2 is 1.75 bits per heavy atom. The molecule has 32 heavy (non-hydrogen) atoms. The maximum Gasteiger partial charge on any atom is 0.408 e. The largest absolute Gasteiger partial charge is 0.444 e. The van der Waals surface area contributed by atoms with Crippen LogP contribution in [-0.2, 0) is 9.53 Å². The number of hydrogen-bond acceptors (Lipinski definition) is 4. The number of nitrogens with one attached hydrogen (secondary N) is 2. The van der Waals surface area contributed by atoms with Crippen LogP contribution >= 0.6 is 0 Å². The summed E-state index contributed by atoms with van der Waals surface area (Å²) in [7, 11) is 0. The molecule has 0 bridgehead atoms. The van der Waals surface area contributed by atoms with Gasteiger partial charge in [-0.05, 0) is 57.6 Å². The van der Waals surface area contributed by atoms with Crippen LogP contribution < -0.4 is 10.6 Å². The van der Waals surface area contributed by atoms with Crippen molar-refractivity contribution < 1.29 is 14.3 Å². The predicted molar refractivity (Wildman–Crippen MR) is 129 cm³/mol. The number of rotatable bonds is 6. The predicted octanol–water partition coefficient (Wildman–Crippen LogP) is 5.42. The van der Waals surface area contributed by atoms with Gasteiger partial charge < -0.3 is 15.4 Å². The lowest BCUT2D eigenvalue weighted by atomic mass is 9.94. The topological polar surface area (TPSA) is 80.3 Å². The molecule has 1 atom stereocenters. The number of para-hydroxylation sites is 1. The van der Waals surface area contributed by atoms with Crippen molar-refractivity contribution in [2.75, 3.05) is 6.54 Å². The van der Waals surface area contributed by atoms with Crippen LogP contribution in [0.3, 0.4) is 0 Å². The van der Waals surface area contributed by atoms with E-state index in [-0.39, 0.29) is 18.5 Å². The average molecular weight is 436 g/mol. The number of fused-ring (bicyclic) bond motifs is 3. The molecule has 0 aliphatic rings. The fraction of sp³-hybridized carbons (Fsp3) is 0.423. The molecule has 0 aliphatic heterocycles. The molecule has 0 saturated heterocycles. The van der Waals surface area contributed by atoms with E-state index < -0.39 is 11.7 Å². The number of aryl methyl sites for hydroxylation is 1. The first-order valence-electron chi connectivity index (χ1n) is 11.1. The Balaban J connectivity index is 1.92. The summed E-state index contributed by atoms with van der Waals surface area (Å²) >= 11 is 0. The molecule has 1 heterocycles. The van der Waals surface area contributed by atoms with Crippen LogP contribution in [-0.4, -0.2) is 29.1 Å². The molecule has 2 aromatic carbocycles. The van der Waals surface area contributed by atoms with Crippen LogP contribution in [0.4, 0.5) is 4.79 Å². The van der Waals surface area contributed by atoms with Gasteiger partial charge in [-0.25, -0.2) is 9.78 Å². The maximum atomic E-state index is 12.7. The van der Waals surface area contributed by atoms with Crippen LogP contribution in [0.2, 0.25) is 0 Å². The zero-order valence-corrected chi connectivity index (χ0v) is 19.8. The zero-order valence-electron chi connectivity index (χ0n) is 19.8. The van der Waals surface area contributed by atoms with Crippen molar-refractivity contribution in [2.24, 2.45) is 5.92 Å². The highest BCUT2D eigenvalue weighted by Gasteiger charge is 2.22. The molecule has 0 aliphatic carbocycles. The smallest absolute Gasteiger partial charge is 0.408 e. The number of alkyl carbamates (subject to hydrolysis) is 1. The van der Waals surface area contributed by atoms with Crippen LogP contribution in [0.15, 0.2) is 42.5 Å². The fourth-order valence-electron chi connectivity index (χ4n) is 3.78. The van der Waals surface area contributed by atoms with E-state index in [9.17, 15) is 9.59 Å².